The Morgan fingerprint density at radius 2 is 2.37 bits per heavy atom. The van der Waals surface area contributed by atoms with Crippen molar-refractivity contribution in [1.82, 2.24) is 9.88 Å². The van der Waals surface area contributed by atoms with Crippen LogP contribution in [0, 0.1) is 0 Å². The minimum Gasteiger partial charge on any atom is -0.493 e. The molecule has 1 fully saturated rings. The standard InChI is InChI=1S/C15H25N3O/c1-13-7-3-4-11-18(13)12-6-10-17-15-14(19-2)8-5-9-16-15/h5,8-9,13H,3-4,6-7,10-12H2,1-2H3,(H,16,17). The molecule has 0 saturated carbocycles. The fraction of sp³-hybridized carbons (Fsp3) is 0.667. The van der Waals surface area contributed by atoms with Crippen molar-refractivity contribution >= 4 is 5.82 Å². The van der Waals surface area contributed by atoms with Crippen LogP contribution in [0.4, 0.5) is 5.82 Å². The fourth-order valence-electron chi connectivity index (χ4n) is 2.67. The number of ether oxygens (including phenoxy) is 1. The molecule has 1 aromatic heterocycles. The van der Waals surface area contributed by atoms with Gasteiger partial charge >= 0.3 is 0 Å². The average Bonchev–Trinajstić information content (AvgIpc) is 2.45. The summed E-state index contributed by atoms with van der Waals surface area (Å²) in [6.07, 6.45) is 7.02. The zero-order valence-corrected chi connectivity index (χ0v) is 12.1. The molecule has 0 aromatic carbocycles. The Morgan fingerprint density at radius 3 is 3.16 bits per heavy atom. The van der Waals surface area contributed by atoms with Gasteiger partial charge in [0.25, 0.3) is 0 Å². The largest absolute Gasteiger partial charge is 0.493 e. The first kappa shape index (κ1) is 14.1. The molecule has 4 nitrogen and oxygen atoms in total. The highest BCUT2D eigenvalue weighted by Gasteiger charge is 2.17. The zero-order valence-electron chi connectivity index (χ0n) is 12.1. The predicted molar refractivity (Wildman–Crippen MR) is 78.8 cm³/mol. The zero-order chi connectivity index (χ0) is 13.5. The molecule has 0 spiro atoms. The maximum absolute atomic E-state index is 5.27. The van der Waals surface area contributed by atoms with Crippen molar-refractivity contribution in [3.63, 3.8) is 0 Å². The summed E-state index contributed by atoms with van der Waals surface area (Å²) in [5, 5.41) is 3.36. The van der Waals surface area contributed by atoms with E-state index in [1.807, 2.05) is 12.1 Å². The van der Waals surface area contributed by atoms with Crippen LogP contribution in [0.25, 0.3) is 0 Å². The summed E-state index contributed by atoms with van der Waals surface area (Å²) in [6.45, 7) is 5.71. The lowest BCUT2D eigenvalue weighted by molar-refractivity contribution is 0.160. The van der Waals surface area contributed by atoms with E-state index in [2.05, 4.69) is 22.1 Å². The number of anilines is 1. The van der Waals surface area contributed by atoms with Crippen LogP contribution < -0.4 is 10.1 Å². The van der Waals surface area contributed by atoms with Crippen molar-refractivity contribution in [2.45, 2.75) is 38.6 Å². The molecule has 19 heavy (non-hydrogen) atoms. The van der Waals surface area contributed by atoms with Gasteiger partial charge in [0.15, 0.2) is 11.6 Å². The van der Waals surface area contributed by atoms with Crippen LogP contribution >= 0.6 is 0 Å². The molecule has 0 bridgehead atoms. The van der Waals surface area contributed by atoms with E-state index in [0.717, 1.165) is 30.6 Å². The second-order valence-corrected chi connectivity index (χ2v) is 5.22. The maximum atomic E-state index is 5.27. The fourth-order valence-corrected chi connectivity index (χ4v) is 2.67. The highest BCUT2D eigenvalue weighted by Crippen LogP contribution is 2.20. The van der Waals surface area contributed by atoms with Crippen molar-refractivity contribution in [2.24, 2.45) is 0 Å². The summed E-state index contributed by atoms with van der Waals surface area (Å²) in [5.74, 6) is 1.66. The number of nitrogens with one attached hydrogen (secondary N) is 1. The summed E-state index contributed by atoms with van der Waals surface area (Å²) in [7, 11) is 1.68. The SMILES string of the molecule is COc1cccnc1NCCCN1CCCCC1C. The van der Waals surface area contributed by atoms with Gasteiger partial charge in [0.2, 0.25) is 0 Å². The van der Waals surface area contributed by atoms with Gasteiger partial charge in [-0.05, 0) is 44.9 Å². The monoisotopic (exact) mass is 263 g/mol. The first-order chi connectivity index (χ1) is 9.31. The molecular weight excluding hydrogens is 238 g/mol. The molecule has 0 amide bonds. The Kier molecular flexibility index (Phi) is 5.45. The summed E-state index contributed by atoms with van der Waals surface area (Å²) >= 11 is 0. The first-order valence-corrected chi connectivity index (χ1v) is 7.28. The molecule has 1 atom stereocenters. The maximum Gasteiger partial charge on any atom is 0.168 e. The van der Waals surface area contributed by atoms with Crippen LogP contribution in [0.15, 0.2) is 18.3 Å². The van der Waals surface area contributed by atoms with Gasteiger partial charge in [-0.2, -0.15) is 0 Å². The Morgan fingerprint density at radius 1 is 1.47 bits per heavy atom. The van der Waals surface area contributed by atoms with Crippen molar-refractivity contribution in [3.05, 3.63) is 18.3 Å². The Balaban J connectivity index is 1.71. The van der Waals surface area contributed by atoms with Gasteiger partial charge < -0.3 is 15.0 Å². The number of hydrogen-bond acceptors (Lipinski definition) is 4. The minimum absolute atomic E-state index is 0.748. The summed E-state index contributed by atoms with van der Waals surface area (Å²) < 4.78 is 5.27. The molecule has 106 valence electrons. The Bertz CT molecular complexity index is 383. The van der Waals surface area contributed by atoms with Crippen LogP contribution in [0.5, 0.6) is 5.75 Å². The molecule has 2 rings (SSSR count). The lowest BCUT2D eigenvalue weighted by Gasteiger charge is -2.33. The highest BCUT2D eigenvalue weighted by atomic mass is 16.5. The number of pyridine rings is 1. The molecule has 1 unspecified atom stereocenters. The number of rotatable bonds is 6. The van der Waals surface area contributed by atoms with Crippen LogP contribution in [0.3, 0.4) is 0 Å². The number of aromatic nitrogens is 1. The molecule has 0 radical (unpaired) electrons. The number of nitrogens with zero attached hydrogens (tertiary/aromatic N) is 2. The summed E-state index contributed by atoms with van der Waals surface area (Å²) in [5.41, 5.74) is 0. The van der Waals surface area contributed by atoms with Gasteiger partial charge in [0, 0.05) is 25.3 Å². The van der Waals surface area contributed by atoms with Crippen LogP contribution in [-0.2, 0) is 0 Å². The molecule has 4 heteroatoms. The van der Waals surface area contributed by atoms with Crippen molar-refractivity contribution in [1.29, 1.82) is 0 Å². The molecule has 1 saturated heterocycles. The average molecular weight is 263 g/mol. The quantitative estimate of drug-likeness (QED) is 0.801. The van der Waals surface area contributed by atoms with Gasteiger partial charge in [-0.1, -0.05) is 6.42 Å². The molecule has 1 aliphatic heterocycles. The highest BCUT2D eigenvalue weighted by molar-refractivity contribution is 5.49. The molecule has 1 aromatic rings. The third kappa shape index (κ3) is 4.10. The van der Waals surface area contributed by atoms with Crippen molar-refractivity contribution in [2.75, 3.05) is 32.1 Å². The van der Waals surface area contributed by atoms with E-state index in [4.69, 9.17) is 4.74 Å². The third-order valence-electron chi connectivity index (χ3n) is 3.85. The lowest BCUT2D eigenvalue weighted by atomic mass is 10.0. The first-order valence-electron chi connectivity index (χ1n) is 7.28. The van der Waals surface area contributed by atoms with Gasteiger partial charge in [0.1, 0.15) is 0 Å². The number of likely N-dealkylation sites (tertiary alicyclic amines) is 1. The van der Waals surface area contributed by atoms with E-state index >= 15 is 0 Å². The van der Waals surface area contributed by atoms with Crippen molar-refractivity contribution < 1.29 is 4.74 Å². The predicted octanol–water partition coefficient (Wildman–Crippen LogP) is 2.77. The van der Waals surface area contributed by atoms with Crippen LogP contribution in [0.2, 0.25) is 0 Å². The minimum atomic E-state index is 0.748. The van der Waals surface area contributed by atoms with Crippen LogP contribution in [-0.4, -0.2) is 42.7 Å². The van der Waals surface area contributed by atoms with Gasteiger partial charge in [-0.3, -0.25) is 0 Å². The van der Waals surface area contributed by atoms with Crippen LogP contribution in [0.1, 0.15) is 32.6 Å². The van der Waals surface area contributed by atoms with E-state index in [9.17, 15) is 0 Å². The van der Waals surface area contributed by atoms with Gasteiger partial charge in [-0.15, -0.1) is 0 Å². The molecule has 2 heterocycles. The van der Waals surface area contributed by atoms with Crippen molar-refractivity contribution in [3.8, 4) is 5.75 Å². The normalized spacial score (nSPS) is 20.2. The topological polar surface area (TPSA) is 37.4 Å². The smallest absolute Gasteiger partial charge is 0.168 e. The van der Waals surface area contributed by atoms with E-state index in [-0.39, 0.29) is 0 Å². The summed E-state index contributed by atoms with van der Waals surface area (Å²) in [6, 6.07) is 4.57. The third-order valence-corrected chi connectivity index (χ3v) is 3.85. The molecule has 1 aliphatic rings. The van der Waals surface area contributed by atoms with Gasteiger partial charge in [0.05, 0.1) is 7.11 Å². The van der Waals surface area contributed by atoms with E-state index in [1.165, 1.54) is 32.4 Å². The molecule has 0 aliphatic carbocycles. The Hall–Kier alpha value is -1.29. The second kappa shape index (κ2) is 7.34. The van der Waals surface area contributed by atoms with Gasteiger partial charge in [-0.25, -0.2) is 4.98 Å². The summed E-state index contributed by atoms with van der Waals surface area (Å²) in [4.78, 5) is 6.90. The van der Waals surface area contributed by atoms with E-state index < -0.39 is 0 Å². The lowest BCUT2D eigenvalue weighted by Crippen LogP contribution is -2.38. The second-order valence-electron chi connectivity index (χ2n) is 5.22. The molecular formula is C15H25N3O. The number of piperidine rings is 1. The number of methoxy groups -OCH3 is 1. The van der Waals surface area contributed by atoms with E-state index in [0.29, 0.717) is 0 Å². The number of hydrogen-bond donors (Lipinski definition) is 1. The van der Waals surface area contributed by atoms with E-state index in [1.54, 1.807) is 13.3 Å². The Labute approximate surface area is 116 Å². The molecule has 1 N–H and O–H groups in total.